The van der Waals surface area contributed by atoms with Crippen LogP contribution in [-0.4, -0.2) is 41.8 Å². The number of Topliss-reactive ketones (excluding diaryl/α,β-unsaturated/α-hetero) is 1. The van der Waals surface area contributed by atoms with Gasteiger partial charge in [0.2, 0.25) is 0 Å². The van der Waals surface area contributed by atoms with Crippen LogP contribution in [0.3, 0.4) is 0 Å². The Kier molecular flexibility index (Phi) is 4.23. The van der Waals surface area contributed by atoms with E-state index < -0.39 is 0 Å². The molecule has 0 amide bonds. The molecule has 2 N–H and O–H groups in total. The lowest BCUT2D eigenvalue weighted by Gasteiger charge is -2.31. The van der Waals surface area contributed by atoms with E-state index >= 15 is 0 Å². The quantitative estimate of drug-likeness (QED) is 0.786. The van der Waals surface area contributed by atoms with Gasteiger partial charge in [0.15, 0.2) is 5.78 Å². The summed E-state index contributed by atoms with van der Waals surface area (Å²) in [6.07, 6.45) is 3.98. The van der Waals surface area contributed by atoms with Gasteiger partial charge in [0.25, 0.3) is 0 Å². The van der Waals surface area contributed by atoms with Crippen molar-refractivity contribution in [1.82, 2.24) is 9.88 Å². The highest BCUT2D eigenvalue weighted by atomic mass is 16.1. The minimum atomic E-state index is 0.100. The Balaban J connectivity index is 1.90. The summed E-state index contributed by atoms with van der Waals surface area (Å²) in [6, 6.07) is 5.44. The minimum absolute atomic E-state index is 0.100. The van der Waals surface area contributed by atoms with Crippen molar-refractivity contribution in [3.63, 3.8) is 0 Å². The Morgan fingerprint density at radius 1 is 1.53 bits per heavy atom. The second-order valence-electron chi connectivity index (χ2n) is 4.62. The standard InChI is InChI=1S/C13H19N3O/c14-8-11-4-3-7-16(9-11)10-13(17)12-5-1-2-6-15-12/h1-2,5-6,11H,3-4,7-10,14H2/t11-/m0/s1. The number of hydrogen-bond donors (Lipinski definition) is 1. The van der Waals surface area contributed by atoms with E-state index in [1.807, 2.05) is 12.1 Å². The molecule has 0 radical (unpaired) electrons. The number of nitrogens with two attached hydrogens (primary N) is 1. The van der Waals surface area contributed by atoms with Gasteiger partial charge in [0, 0.05) is 12.7 Å². The largest absolute Gasteiger partial charge is 0.330 e. The zero-order chi connectivity index (χ0) is 12.1. The molecule has 1 aromatic heterocycles. The van der Waals surface area contributed by atoms with Gasteiger partial charge < -0.3 is 5.73 Å². The van der Waals surface area contributed by atoms with E-state index in [0.29, 0.717) is 24.7 Å². The molecule has 0 bridgehead atoms. The van der Waals surface area contributed by atoms with E-state index in [1.54, 1.807) is 12.3 Å². The number of hydrogen-bond acceptors (Lipinski definition) is 4. The third kappa shape index (κ3) is 3.35. The number of carbonyl (C=O) groups excluding carboxylic acids is 1. The van der Waals surface area contributed by atoms with Gasteiger partial charge in [-0.15, -0.1) is 0 Å². The van der Waals surface area contributed by atoms with Crippen LogP contribution >= 0.6 is 0 Å². The molecule has 1 aliphatic rings. The van der Waals surface area contributed by atoms with Crippen LogP contribution in [0.4, 0.5) is 0 Å². The van der Waals surface area contributed by atoms with Crippen LogP contribution in [-0.2, 0) is 0 Å². The Bertz CT molecular complexity index is 366. The number of pyridine rings is 1. The Hall–Kier alpha value is -1.26. The van der Waals surface area contributed by atoms with E-state index in [-0.39, 0.29) is 5.78 Å². The van der Waals surface area contributed by atoms with Crippen molar-refractivity contribution < 1.29 is 4.79 Å². The van der Waals surface area contributed by atoms with Gasteiger partial charge in [0.1, 0.15) is 5.69 Å². The van der Waals surface area contributed by atoms with Crippen molar-refractivity contribution in [2.24, 2.45) is 11.7 Å². The molecule has 17 heavy (non-hydrogen) atoms. The van der Waals surface area contributed by atoms with Gasteiger partial charge >= 0.3 is 0 Å². The van der Waals surface area contributed by atoms with Gasteiger partial charge in [0.05, 0.1) is 6.54 Å². The number of rotatable bonds is 4. The first-order valence-electron chi connectivity index (χ1n) is 6.16. The molecular weight excluding hydrogens is 214 g/mol. The maximum atomic E-state index is 12.0. The number of nitrogens with zero attached hydrogens (tertiary/aromatic N) is 2. The molecule has 92 valence electrons. The van der Waals surface area contributed by atoms with E-state index in [9.17, 15) is 4.79 Å². The molecule has 0 unspecified atom stereocenters. The molecule has 0 spiro atoms. The summed E-state index contributed by atoms with van der Waals surface area (Å²) < 4.78 is 0. The van der Waals surface area contributed by atoms with Crippen LogP contribution in [0.1, 0.15) is 23.3 Å². The van der Waals surface area contributed by atoms with E-state index in [1.165, 1.54) is 6.42 Å². The zero-order valence-corrected chi connectivity index (χ0v) is 10.0. The highest BCUT2D eigenvalue weighted by Crippen LogP contribution is 2.15. The number of piperidine rings is 1. The second kappa shape index (κ2) is 5.89. The third-order valence-electron chi connectivity index (χ3n) is 3.25. The Morgan fingerprint density at radius 2 is 2.41 bits per heavy atom. The number of aromatic nitrogens is 1. The molecule has 1 atom stereocenters. The van der Waals surface area contributed by atoms with E-state index in [0.717, 1.165) is 19.5 Å². The molecule has 0 aliphatic carbocycles. The summed E-state index contributed by atoms with van der Waals surface area (Å²) in [4.78, 5) is 18.2. The lowest BCUT2D eigenvalue weighted by atomic mass is 9.98. The van der Waals surface area contributed by atoms with E-state index in [4.69, 9.17) is 5.73 Å². The van der Waals surface area contributed by atoms with Crippen LogP contribution in [0.25, 0.3) is 0 Å². The second-order valence-corrected chi connectivity index (χ2v) is 4.62. The van der Waals surface area contributed by atoms with E-state index in [2.05, 4.69) is 9.88 Å². The van der Waals surface area contributed by atoms with Crippen LogP contribution in [0.2, 0.25) is 0 Å². The average Bonchev–Trinajstić information content (AvgIpc) is 2.40. The fraction of sp³-hybridized carbons (Fsp3) is 0.538. The third-order valence-corrected chi connectivity index (χ3v) is 3.25. The first-order chi connectivity index (χ1) is 8.29. The Morgan fingerprint density at radius 3 is 3.12 bits per heavy atom. The van der Waals surface area contributed by atoms with Crippen LogP contribution in [0.5, 0.6) is 0 Å². The molecule has 1 fully saturated rings. The van der Waals surface area contributed by atoms with Crippen LogP contribution in [0.15, 0.2) is 24.4 Å². The molecule has 4 heteroatoms. The van der Waals surface area contributed by atoms with Crippen molar-refractivity contribution in [1.29, 1.82) is 0 Å². The molecule has 0 aromatic carbocycles. The summed E-state index contributed by atoms with van der Waals surface area (Å²) in [5.74, 6) is 0.642. The SMILES string of the molecule is NC[C@@H]1CCCN(CC(=O)c2ccccn2)C1. The summed E-state index contributed by atoms with van der Waals surface area (Å²) in [5.41, 5.74) is 6.24. The van der Waals surface area contributed by atoms with Gasteiger partial charge in [-0.25, -0.2) is 0 Å². The highest BCUT2D eigenvalue weighted by molar-refractivity contribution is 5.95. The summed E-state index contributed by atoms with van der Waals surface area (Å²) in [6.45, 7) is 3.12. The number of carbonyl (C=O) groups is 1. The lowest BCUT2D eigenvalue weighted by molar-refractivity contribution is 0.0884. The van der Waals surface area contributed by atoms with Gasteiger partial charge in [-0.2, -0.15) is 0 Å². The average molecular weight is 233 g/mol. The molecule has 1 saturated heterocycles. The van der Waals surface area contributed by atoms with Gasteiger partial charge in [-0.1, -0.05) is 6.07 Å². The fourth-order valence-corrected chi connectivity index (χ4v) is 2.30. The minimum Gasteiger partial charge on any atom is -0.330 e. The monoisotopic (exact) mass is 233 g/mol. The molecule has 1 aromatic rings. The van der Waals surface area contributed by atoms with Gasteiger partial charge in [-0.3, -0.25) is 14.7 Å². The summed E-state index contributed by atoms with van der Waals surface area (Å²) in [7, 11) is 0. The molecule has 0 saturated carbocycles. The molecular formula is C13H19N3O. The highest BCUT2D eigenvalue weighted by Gasteiger charge is 2.21. The first kappa shape index (κ1) is 12.2. The van der Waals surface area contributed by atoms with Crippen molar-refractivity contribution in [3.8, 4) is 0 Å². The van der Waals surface area contributed by atoms with Crippen molar-refractivity contribution >= 4 is 5.78 Å². The molecule has 4 nitrogen and oxygen atoms in total. The Labute approximate surface area is 102 Å². The van der Waals surface area contributed by atoms with Crippen LogP contribution in [0, 0.1) is 5.92 Å². The maximum absolute atomic E-state index is 12.0. The topological polar surface area (TPSA) is 59.2 Å². The predicted molar refractivity (Wildman–Crippen MR) is 66.8 cm³/mol. The maximum Gasteiger partial charge on any atom is 0.195 e. The zero-order valence-electron chi connectivity index (χ0n) is 10.0. The summed E-state index contributed by atoms with van der Waals surface area (Å²) >= 11 is 0. The normalized spacial score (nSPS) is 21.4. The molecule has 2 rings (SSSR count). The fourth-order valence-electron chi connectivity index (χ4n) is 2.30. The lowest BCUT2D eigenvalue weighted by Crippen LogP contribution is -2.41. The molecule has 1 aliphatic heterocycles. The van der Waals surface area contributed by atoms with Crippen LogP contribution < -0.4 is 5.73 Å². The number of likely N-dealkylation sites (tertiary alicyclic amines) is 1. The molecule has 2 heterocycles. The predicted octanol–water partition coefficient (Wildman–Crippen LogP) is 0.935. The van der Waals surface area contributed by atoms with Crippen molar-refractivity contribution in [2.45, 2.75) is 12.8 Å². The summed E-state index contributed by atoms with van der Waals surface area (Å²) in [5, 5.41) is 0. The smallest absolute Gasteiger partial charge is 0.195 e. The van der Waals surface area contributed by atoms with Crippen molar-refractivity contribution in [2.75, 3.05) is 26.2 Å². The van der Waals surface area contributed by atoms with Gasteiger partial charge in [-0.05, 0) is 44.0 Å². The number of ketones is 1. The van der Waals surface area contributed by atoms with Crippen molar-refractivity contribution in [3.05, 3.63) is 30.1 Å². The first-order valence-corrected chi connectivity index (χ1v) is 6.16.